The Kier molecular flexibility index (Phi) is 3.80. The molecular formula is C18H18N6O2. The molecule has 0 aliphatic rings. The molecule has 3 aromatic heterocycles. The molecule has 1 amide bonds. The van der Waals surface area contributed by atoms with Crippen LogP contribution in [-0.4, -0.2) is 29.8 Å². The van der Waals surface area contributed by atoms with Crippen molar-refractivity contribution in [2.24, 2.45) is 7.05 Å². The second kappa shape index (κ2) is 6.14. The summed E-state index contributed by atoms with van der Waals surface area (Å²) in [4.78, 5) is 29.0. The van der Waals surface area contributed by atoms with E-state index in [9.17, 15) is 9.59 Å². The Morgan fingerprint density at radius 2 is 2.08 bits per heavy atom. The van der Waals surface area contributed by atoms with Crippen LogP contribution < -0.4 is 10.9 Å². The summed E-state index contributed by atoms with van der Waals surface area (Å²) < 4.78 is 4.94. The largest absolute Gasteiger partial charge is 0.348 e. The zero-order chi connectivity index (χ0) is 18.3. The molecule has 132 valence electrons. The molecule has 0 aliphatic carbocycles. The third kappa shape index (κ3) is 2.65. The summed E-state index contributed by atoms with van der Waals surface area (Å²) in [5, 5.41) is 8.30. The van der Waals surface area contributed by atoms with Crippen molar-refractivity contribution < 1.29 is 4.79 Å². The van der Waals surface area contributed by atoms with Crippen molar-refractivity contribution in [2.45, 2.75) is 20.0 Å². The Bertz CT molecular complexity index is 1180. The molecule has 4 rings (SSSR count). The summed E-state index contributed by atoms with van der Waals surface area (Å²) >= 11 is 0. The van der Waals surface area contributed by atoms with E-state index in [2.05, 4.69) is 26.9 Å². The van der Waals surface area contributed by atoms with E-state index in [1.54, 1.807) is 7.05 Å². The predicted molar refractivity (Wildman–Crippen MR) is 99.0 cm³/mol. The second-order valence-corrected chi connectivity index (χ2v) is 6.11. The molecule has 0 bridgehead atoms. The molecule has 8 nitrogen and oxygen atoms in total. The molecule has 8 heteroatoms. The maximum atomic E-state index is 12.4. The number of anilines is 1. The van der Waals surface area contributed by atoms with Crippen LogP contribution in [0.3, 0.4) is 0 Å². The third-order valence-corrected chi connectivity index (χ3v) is 4.43. The van der Waals surface area contributed by atoms with Gasteiger partial charge < -0.3 is 9.88 Å². The Morgan fingerprint density at radius 3 is 2.88 bits per heavy atom. The molecule has 0 saturated heterocycles. The number of rotatable bonds is 4. The lowest BCUT2D eigenvalue weighted by Gasteiger charge is -2.08. The highest BCUT2D eigenvalue weighted by Gasteiger charge is 2.11. The van der Waals surface area contributed by atoms with Crippen molar-refractivity contribution in [2.75, 3.05) is 5.32 Å². The van der Waals surface area contributed by atoms with Gasteiger partial charge in [-0.2, -0.15) is 5.10 Å². The van der Waals surface area contributed by atoms with E-state index in [1.807, 2.05) is 30.5 Å². The van der Waals surface area contributed by atoms with Crippen LogP contribution in [0.2, 0.25) is 0 Å². The monoisotopic (exact) mass is 350 g/mol. The third-order valence-electron chi connectivity index (χ3n) is 4.43. The van der Waals surface area contributed by atoms with E-state index in [-0.39, 0.29) is 18.0 Å². The number of hydrogen-bond donors (Lipinski definition) is 1. The maximum absolute atomic E-state index is 12.4. The standard InChI is InChI=1S/C18H18N6O2/c1-3-23-7-6-12-8-13(4-5-15(12)23)21-16(25)10-24-11-19-17-14(18(24)26)9-20-22(17)2/h4-9,11H,3,10H2,1-2H3,(H,21,25). The number of nitrogens with one attached hydrogen (secondary N) is 1. The van der Waals surface area contributed by atoms with E-state index >= 15 is 0 Å². The van der Waals surface area contributed by atoms with E-state index in [1.165, 1.54) is 21.8 Å². The van der Waals surface area contributed by atoms with Crippen LogP contribution in [0.15, 0.2) is 47.8 Å². The molecule has 0 aliphatic heterocycles. The van der Waals surface area contributed by atoms with Gasteiger partial charge in [-0.05, 0) is 31.2 Å². The number of aromatic nitrogens is 5. The Hall–Kier alpha value is -3.42. The Labute approximate surface area is 148 Å². The molecule has 0 spiro atoms. The van der Waals surface area contributed by atoms with Gasteiger partial charge in [-0.1, -0.05) is 0 Å². The summed E-state index contributed by atoms with van der Waals surface area (Å²) in [6, 6.07) is 7.77. The molecule has 4 aromatic rings. The first kappa shape index (κ1) is 16.1. The fourth-order valence-electron chi connectivity index (χ4n) is 3.09. The minimum absolute atomic E-state index is 0.106. The van der Waals surface area contributed by atoms with Crippen molar-refractivity contribution >= 4 is 33.5 Å². The number of carbonyl (C=O) groups excluding carboxylic acids is 1. The molecule has 0 saturated carbocycles. The van der Waals surface area contributed by atoms with E-state index in [4.69, 9.17) is 0 Å². The number of carbonyl (C=O) groups is 1. The minimum atomic E-state index is -0.286. The van der Waals surface area contributed by atoms with Gasteiger partial charge in [0, 0.05) is 36.4 Å². The summed E-state index contributed by atoms with van der Waals surface area (Å²) in [6.07, 6.45) is 4.85. The number of amides is 1. The molecule has 26 heavy (non-hydrogen) atoms. The topological polar surface area (TPSA) is 86.7 Å². The van der Waals surface area contributed by atoms with E-state index in [0.29, 0.717) is 16.7 Å². The van der Waals surface area contributed by atoms with Crippen molar-refractivity contribution in [3.63, 3.8) is 0 Å². The average molecular weight is 350 g/mol. The fraction of sp³-hybridized carbons (Fsp3) is 0.222. The number of hydrogen-bond acceptors (Lipinski definition) is 4. The fourth-order valence-corrected chi connectivity index (χ4v) is 3.09. The predicted octanol–water partition coefficient (Wildman–Crippen LogP) is 1.74. The van der Waals surface area contributed by atoms with Crippen molar-refractivity contribution in [3.8, 4) is 0 Å². The maximum Gasteiger partial charge on any atom is 0.264 e. The molecular weight excluding hydrogens is 332 g/mol. The van der Waals surface area contributed by atoms with Crippen molar-refractivity contribution in [3.05, 3.63) is 53.3 Å². The lowest BCUT2D eigenvalue weighted by Crippen LogP contribution is -2.27. The van der Waals surface area contributed by atoms with Crippen LogP contribution in [0, 0.1) is 0 Å². The number of aryl methyl sites for hydroxylation is 2. The second-order valence-electron chi connectivity index (χ2n) is 6.11. The van der Waals surface area contributed by atoms with Gasteiger partial charge in [0.2, 0.25) is 5.91 Å². The quantitative estimate of drug-likeness (QED) is 0.607. The summed E-state index contributed by atoms with van der Waals surface area (Å²) in [6.45, 7) is 2.87. The van der Waals surface area contributed by atoms with Gasteiger partial charge in [0.15, 0.2) is 5.65 Å². The number of benzene rings is 1. The highest BCUT2D eigenvalue weighted by Crippen LogP contribution is 2.20. The average Bonchev–Trinajstić information content (AvgIpc) is 3.21. The van der Waals surface area contributed by atoms with Crippen LogP contribution in [-0.2, 0) is 24.9 Å². The molecule has 0 unspecified atom stereocenters. The molecule has 0 fully saturated rings. The Morgan fingerprint density at radius 1 is 1.23 bits per heavy atom. The van der Waals surface area contributed by atoms with Crippen molar-refractivity contribution in [1.29, 1.82) is 0 Å². The highest BCUT2D eigenvalue weighted by molar-refractivity contribution is 5.94. The van der Waals surface area contributed by atoms with Crippen LogP contribution in [0.4, 0.5) is 5.69 Å². The van der Waals surface area contributed by atoms with Gasteiger partial charge in [0.1, 0.15) is 18.3 Å². The zero-order valence-corrected chi connectivity index (χ0v) is 14.5. The van der Waals surface area contributed by atoms with E-state index < -0.39 is 0 Å². The Balaban J connectivity index is 1.55. The molecule has 1 aromatic carbocycles. The van der Waals surface area contributed by atoms with Crippen LogP contribution in [0.1, 0.15) is 6.92 Å². The first-order chi connectivity index (χ1) is 12.6. The SMILES string of the molecule is CCn1ccc2cc(NC(=O)Cn3cnc4c(cnn4C)c3=O)ccc21. The molecule has 0 atom stereocenters. The summed E-state index contributed by atoms with van der Waals surface area (Å²) in [5.74, 6) is -0.286. The summed E-state index contributed by atoms with van der Waals surface area (Å²) in [7, 11) is 1.72. The number of nitrogens with zero attached hydrogens (tertiary/aromatic N) is 5. The first-order valence-electron chi connectivity index (χ1n) is 8.32. The molecule has 1 N–H and O–H groups in total. The van der Waals surface area contributed by atoms with Crippen LogP contribution in [0.25, 0.3) is 21.9 Å². The highest BCUT2D eigenvalue weighted by atomic mass is 16.2. The lowest BCUT2D eigenvalue weighted by molar-refractivity contribution is -0.116. The van der Waals surface area contributed by atoms with Gasteiger partial charge in [-0.25, -0.2) is 4.98 Å². The minimum Gasteiger partial charge on any atom is -0.348 e. The number of fused-ring (bicyclic) bond motifs is 2. The smallest absolute Gasteiger partial charge is 0.264 e. The van der Waals surface area contributed by atoms with Gasteiger partial charge in [0.05, 0.1) is 6.20 Å². The van der Waals surface area contributed by atoms with E-state index in [0.717, 1.165) is 17.4 Å². The van der Waals surface area contributed by atoms with Crippen molar-refractivity contribution in [1.82, 2.24) is 23.9 Å². The molecule has 3 heterocycles. The lowest BCUT2D eigenvalue weighted by atomic mass is 10.2. The van der Waals surface area contributed by atoms with Gasteiger partial charge in [-0.15, -0.1) is 0 Å². The first-order valence-corrected chi connectivity index (χ1v) is 8.32. The van der Waals surface area contributed by atoms with Gasteiger partial charge >= 0.3 is 0 Å². The van der Waals surface area contributed by atoms with Gasteiger partial charge in [-0.3, -0.25) is 18.8 Å². The molecule has 0 radical (unpaired) electrons. The zero-order valence-electron chi connectivity index (χ0n) is 14.5. The summed E-state index contributed by atoms with van der Waals surface area (Å²) in [5.41, 5.74) is 2.03. The van der Waals surface area contributed by atoms with Crippen LogP contribution in [0.5, 0.6) is 0 Å². The van der Waals surface area contributed by atoms with Crippen LogP contribution >= 0.6 is 0 Å². The van der Waals surface area contributed by atoms with Gasteiger partial charge in [0.25, 0.3) is 5.56 Å². The normalized spacial score (nSPS) is 11.3.